The van der Waals surface area contributed by atoms with Crippen molar-refractivity contribution in [1.82, 2.24) is 10.2 Å². The van der Waals surface area contributed by atoms with E-state index < -0.39 is 0 Å². The second kappa shape index (κ2) is 9.84. The SMILES string of the molecule is CC(O)CC(CNC(=NCc1ccccc1)N(C)C)c1ccccc1. The Morgan fingerprint density at radius 2 is 1.64 bits per heavy atom. The van der Waals surface area contributed by atoms with Crippen molar-refractivity contribution < 1.29 is 5.11 Å². The van der Waals surface area contributed by atoms with Crippen molar-refractivity contribution in [1.29, 1.82) is 0 Å². The Morgan fingerprint density at radius 1 is 1.04 bits per heavy atom. The van der Waals surface area contributed by atoms with Crippen molar-refractivity contribution in [3.05, 3.63) is 71.8 Å². The van der Waals surface area contributed by atoms with Crippen molar-refractivity contribution >= 4 is 5.96 Å². The van der Waals surface area contributed by atoms with Crippen molar-refractivity contribution in [3.63, 3.8) is 0 Å². The van der Waals surface area contributed by atoms with Crippen LogP contribution >= 0.6 is 0 Å². The first kappa shape index (κ1) is 19.0. The Bertz CT molecular complexity index is 639. The number of hydrogen-bond donors (Lipinski definition) is 2. The van der Waals surface area contributed by atoms with Gasteiger partial charge in [-0.15, -0.1) is 0 Å². The highest BCUT2D eigenvalue weighted by atomic mass is 16.3. The van der Waals surface area contributed by atoms with Gasteiger partial charge in [0.25, 0.3) is 0 Å². The van der Waals surface area contributed by atoms with Crippen molar-refractivity contribution in [2.24, 2.45) is 4.99 Å². The number of nitrogens with one attached hydrogen (secondary N) is 1. The second-order valence-electron chi connectivity index (χ2n) is 6.59. The van der Waals surface area contributed by atoms with E-state index in [4.69, 9.17) is 4.99 Å². The molecule has 0 spiro atoms. The molecule has 0 saturated carbocycles. The summed E-state index contributed by atoms with van der Waals surface area (Å²) in [7, 11) is 3.98. The van der Waals surface area contributed by atoms with E-state index >= 15 is 0 Å². The summed E-state index contributed by atoms with van der Waals surface area (Å²) in [6, 6.07) is 20.6. The standard InChI is InChI=1S/C21H29N3O/c1-17(25)14-20(19-12-8-5-9-13-19)16-23-21(24(2)3)22-15-18-10-6-4-7-11-18/h4-13,17,20,25H,14-16H2,1-3H3,(H,22,23). The Kier molecular flexibility index (Phi) is 7.48. The van der Waals surface area contributed by atoms with Gasteiger partial charge in [-0.1, -0.05) is 60.7 Å². The lowest BCUT2D eigenvalue weighted by atomic mass is 9.93. The van der Waals surface area contributed by atoms with Crippen LogP contribution in [0.15, 0.2) is 65.7 Å². The fourth-order valence-corrected chi connectivity index (χ4v) is 2.79. The van der Waals surface area contributed by atoms with E-state index in [-0.39, 0.29) is 12.0 Å². The molecule has 4 heteroatoms. The Hall–Kier alpha value is -2.33. The first-order valence-electron chi connectivity index (χ1n) is 8.79. The van der Waals surface area contributed by atoms with E-state index in [1.54, 1.807) is 0 Å². The van der Waals surface area contributed by atoms with Crippen molar-refractivity contribution in [3.8, 4) is 0 Å². The summed E-state index contributed by atoms with van der Waals surface area (Å²) >= 11 is 0. The lowest BCUT2D eigenvalue weighted by Gasteiger charge is -2.23. The number of nitrogens with zero attached hydrogens (tertiary/aromatic N) is 2. The van der Waals surface area contributed by atoms with Gasteiger partial charge < -0.3 is 15.3 Å². The number of aliphatic imine (C=N–C) groups is 1. The van der Waals surface area contributed by atoms with Crippen LogP contribution in [0.4, 0.5) is 0 Å². The number of hydrogen-bond acceptors (Lipinski definition) is 2. The molecule has 0 saturated heterocycles. The summed E-state index contributed by atoms with van der Waals surface area (Å²) in [6.45, 7) is 3.22. The maximum atomic E-state index is 9.84. The van der Waals surface area contributed by atoms with E-state index in [0.29, 0.717) is 6.54 Å². The van der Waals surface area contributed by atoms with Gasteiger partial charge in [0.05, 0.1) is 12.6 Å². The summed E-state index contributed by atoms with van der Waals surface area (Å²) in [5.41, 5.74) is 2.42. The van der Waals surface area contributed by atoms with E-state index in [9.17, 15) is 5.11 Å². The molecule has 0 radical (unpaired) electrons. The van der Waals surface area contributed by atoms with Crippen LogP contribution < -0.4 is 5.32 Å². The van der Waals surface area contributed by atoms with E-state index in [1.165, 1.54) is 11.1 Å². The number of benzene rings is 2. The summed E-state index contributed by atoms with van der Waals surface area (Å²) in [5, 5.41) is 13.3. The number of guanidine groups is 1. The Morgan fingerprint density at radius 3 is 2.20 bits per heavy atom. The monoisotopic (exact) mass is 339 g/mol. The van der Waals surface area contributed by atoms with Crippen LogP contribution in [0.1, 0.15) is 30.4 Å². The van der Waals surface area contributed by atoms with Gasteiger partial charge in [-0.25, -0.2) is 4.99 Å². The van der Waals surface area contributed by atoms with Gasteiger partial charge in [0, 0.05) is 26.6 Å². The fraction of sp³-hybridized carbons (Fsp3) is 0.381. The summed E-state index contributed by atoms with van der Waals surface area (Å²) in [5.74, 6) is 1.10. The summed E-state index contributed by atoms with van der Waals surface area (Å²) in [4.78, 5) is 6.70. The van der Waals surface area contributed by atoms with Crippen molar-refractivity contribution in [2.75, 3.05) is 20.6 Å². The second-order valence-corrected chi connectivity index (χ2v) is 6.59. The molecule has 4 nitrogen and oxygen atoms in total. The average Bonchev–Trinajstić information content (AvgIpc) is 2.61. The molecule has 2 rings (SSSR count). The van der Waals surface area contributed by atoms with Crippen LogP contribution in [0.25, 0.3) is 0 Å². The van der Waals surface area contributed by atoms with E-state index in [1.807, 2.05) is 62.3 Å². The van der Waals surface area contributed by atoms with Gasteiger partial charge in [-0.3, -0.25) is 0 Å². The Balaban J connectivity index is 2.04. The quantitative estimate of drug-likeness (QED) is 0.601. The molecule has 0 amide bonds. The van der Waals surface area contributed by atoms with Gasteiger partial charge in [-0.2, -0.15) is 0 Å². The van der Waals surface area contributed by atoms with E-state index in [0.717, 1.165) is 18.9 Å². The molecular formula is C21H29N3O. The molecule has 2 aromatic rings. The van der Waals surface area contributed by atoms with Crippen LogP contribution in [-0.2, 0) is 6.54 Å². The normalized spacial score (nSPS) is 14.0. The number of aliphatic hydroxyl groups excluding tert-OH is 1. The molecule has 0 aliphatic carbocycles. The predicted octanol–water partition coefficient (Wildman–Crippen LogP) is 3.25. The third kappa shape index (κ3) is 6.59. The van der Waals surface area contributed by atoms with Crippen LogP contribution in [0, 0.1) is 0 Å². The van der Waals surface area contributed by atoms with Crippen LogP contribution in [0.5, 0.6) is 0 Å². The smallest absolute Gasteiger partial charge is 0.193 e. The van der Waals surface area contributed by atoms with Gasteiger partial charge in [0.1, 0.15) is 0 Å². The molecule has 0 fully saturated rings. The molecule has 2 unspecified atom stereocenters. The first-order chi connectivity index (χ1) is 12.1. The van der Waals surface area contributed by atoms with Crippen LogP contribution in [0.3, 0.4) is 0 Å². The van der Waals surface area contributed by atoms with Crippen molar-refractivity contribution in [2.45, 2.75) is 31.9 Å². The van der Waals surface area contributed by atoms with Gasteiger partial charge in [-0.05, 0) is 24.5 Å². The highest BCUT2D eigenvalue weighted by molar-refractivity contribution is 5.79. The highest BCUT2D eigenvalue weighted by Gasteiger charge is 2.15. The summed E-state index contributed by atoms with van der Waals surface area (Å²) in [6.07, 6.45) is 0.382. The lowest BCUT2D eigenvalue weighted by molar-refractivity contribution is 0.174. The molecule has 2 N–H and O–H groups in total. The zero-order chi connectivity index (χ0) is 18.1. The highest BCUT2D eigenvalue weighted by Crippen LogP contribution is 2.20. The van der Waals surface area contributed by atoms with Gasteiger partial charge >= 0.3 is 0 Å². The van der Waals surface area contributed by atoms with Crippen LogP contribution in [0.2, 0.25) is 0 Å². The van der Waals surface area contributed by atoms with Crippen LogP contribution in [-0.4, -0.2) is 42.7 Å². The minimum atomic E-state index is -0.337. The number of aliphatic hydroxyl groups is 1. The largest absolute Gasteiger partial charge is 0.393 e. The molecule has 134 valence electrons. The lowest BCUT2D eigenvalue weighted by Crippen LogP contribution is -2.39. The zero-order valence-electron chi connectivity index (χ0n) is 15.4. The topological polar surface area (TPSA) is 47.9 Å². The molecular weight excluding hydrogens is 310 g/mol. The predicted molar refractivity (Wildman–Crippen MR) is 105 cm³/mol. The molecule has 0 aromatic heterocycles. The maximum absolute atomic E-state index is 9.84. The summed E-state index contributed by atoms with van der Waals surface area (Å²) < 4.78 is 0. The fourth-order valence-electron chi connectivity index (χ4n) is 2.79. The Labute approximate surface area is 151 Å². The minimum absolute atomic E-state index is 0.239. The first-order valence-corrected chi connectivity index (χ1v) is 8.79. The average molecular weight is 339 g/mol. The molecule has 0 bridgehead atoms. The molecule has 2 aromatic carbocycles. The maximum Gasteiger partial charge on any atom is 0.193 e. The molecule has 0 aliphatic rings. The molecule has 25 heavy (non-hydrogen) atoms. The van der Waals surface area contributed by atoms with Gasteiger partial charge in [0.15, 0.2) is 5.96 Å². The minimum Gasteiger partial charge on any atom is -0.393 e. The molecule has 0 heterocycles. The third-order valence-electron chi connectivity index (χ3n) is 4.08. The zero-order valence-corrected chi connectivity index (χ0v) is 15.4. The van der Waals surface area contributed by atoms with Gasteiger partial charge in [0.2, 0.25) is 0 Å². The number of rotatable bonds is 7. The third-order valence-corrected chi connectivity index (χ3v) is 4.08. The molecule has 0 aliphatic heterocycles. The van der Waals surface area contributed by atoms with E-state index in [2.05, 4.69) is 29.6 Å². The molecule has 2 atom stereocenters.